The molecule has 1 atom stereocenters. The van der Waals surface area contributed by atoms with Gasteiger partial charge in [-0.25, -0.2) is 0 Å². The van der Waals surface area contributed by atoms with Gasteiger partial charge < -0.3 is 10.6 Å². The Balaban J connectivity index is 1.65. The first-order valence-corrected chi connectivity index (χ1v) is 5.69. The third-order valence-corrected chi connectivity index (χ3v) is 2.84. The van der Waals surface area contributed by atoms with Crippen molar-refractivity contribution < 1.29 is 0 Å². The van der Waals surface area contributed by atoms with E-state index in [2.05, 4.69) is 22.7 Å². The van der Waals surface area contributed by atoms with Crippen molar-refractivity contribution in [2.24, 2.45) is 7.05 Å². The molecular weight excluding hydrogens is 188 g/mol. The molecule has 1 saturated carbocycles. The molecule has 1 aliphatic carbocycles. The van der Waals surface area contributed by atoms with Gasteiger partial charge in [-0.1, -0.05) is 0 Å². The molecule has 0 spiro atoms. The molecule has 0 aromatic carbocycles. The maximum atomic E-state index is 4.14. The summed E-state index contributed by atoms with van der Waals surface area (Å²) in [6, 6.07) is 3.36. The van der Waals surface area contributed by atoms with E-state index in [1.165, 1.54) is 18.5 Å². The Morgan fingerprint density at radius 1 is 1.60 bits per heavy atom. The van der Waals surface area contributed by atoms with E-state index in [-0.39, 0.29) is 0 Å². The van der Waals surface area contributed by atoms with Crippen molar-refractivity contribution in [2.45, 2.75) is 38.4 Å². The van der Waals surface area contributed by atoms with Gasteiger partial charge in [0, 0.05) is 38.4 Å². The lowest BCUT2D eigenvalue weighted by Gasteiger charge is -2.14. The van der Waals surface area contributed by atoms with E-state index in [1.54, 1.807) is 0 Å². The summed E-state index contributed by atoms with van der Waals surface area (Å²) in [5, 5.41) is 11.1. The van der Waals surface area contributed by atoms with Crippen LogP contribution in [0.3, 0.4) is 0 Å². The van der Waals surface area contributed by atoms with Crippen LogP contribution in [0.15, 0.2) is 12.3 Å². The van der Waals surface area contributed by atoms with Gasteiger partial charge in [0.1, 0.15) is 0 Å². The lowest BCUT2D eigenvalue weighted by atomic mass is 10.3. The molecule has 1 fully saturated rings. The smallest absolute Gasteiger partial charge is 0.0518 e. The second-order valence-corrected chi connectivity index (χ2v) is 4.41. The topological polar surface area (TPSA) is 41.9 Å². The van der Waals surface area contributed by atoms with Crippen LogP contribution < -0.4 is 10.6 Å². The Labute approximate surface area is 91.1 Å². The van der Waals surface area contributed by atoms with Crippen LogP contribution >= 0.6 is 0 Å². The van der Waals surface area contributed by atoms with Crippen LogP contribution in [0.5, 0.6) is 0 Å². The van der Waals surface area contributed by atoms with Gasteiger partial charge in [0.15, 0.2) is 0 Å². The normalized spacial score (nSPS) is 18.0. The highest BCUT2D eigenvalue weighted by Gasteiger charge is 2.20. The van der Waals surface area contributed by atoms with Gasteiger partial charge in [0.2, 0.25) is 0 Å². The summed E-state index contributed by atoms with van der Waals surface area (Å²) in [6.07, 6.45) is 4.55. The van der Waals surface area contributed by atoms with Crippen molar-refractivity contribution in [3.63, 3.8) is 0 Å². The zero-order valence-corrected chi connectivity index (χ0v) is 9.53. The molecule has 2 N–H and O–H groups in total. The Morgan fingerprint density at radius 2 is 2.40 bits per heavy atom. The summed E-state index contributed by atoms with van der Waals surface area (Å²) >= 11 is 0. The summed E-state index contributed by atoms with van der Waals surface area (Å²) in [5.74, 6) is 0. The molecule has 84 valence electrons. The Bertz CT molecular complexity index is 303. The van der Waals surface area contributed by atoms with Gasteiger partial charge in [-0.2, -0.15) is 5.10 Å². The first-order valence-electron chi connectivity index (χ1n) is 5.69. The van der Waals surface area contributed by atoms with Crippen molar-refractivity contribution in [1.29, 1.82) is 0 Å². The van der Waals surface area contributed by atoms with Gasteiger partial charge in [-0.05, 0) is 25.8 Å². The monoisotopic (exact) mass is 208 g/mol. The third kappa shape index (κ3) is 3.32. The van der Waals surface area contributed by atoms with Crippen molar-refractivity contribution in [3.8, 4) is 0 Å². The average Bonchev–Trinajstić information content (AvgIpc) is 2.96. The predicted molar refractivity (Wildman–Crippen MR) is 60.5 cm³/mol. The first-order chi connectivity index (χ1) is 7.25. The molecule has 0 radical (unpaired) electrons. The molecule has 1 aromatic heterocycles. The lowest BCUT2D eigenvalue weighted by molar-refractivity contribution is 0.489. The fourth-order valence-corrected chi connectivity index (χ4v) is 1.56. The molecule has 1 unspecified atom stereocenters. The Morgan fingerprint density at radius 3 is 3.00 bits per heavy atom. The minimum atomic E-state index is 0.514. The largest absolute Gasteiger partial charge is 0.312 e. The van der Waals surface area contributed by atoms with Gasteiger partial charge in [-0.3, -0.25) is 4.68 Å². The average molecular weight is 208 g/mol. The molecule has 4 nitrogen and oxygen atoms in total. The van der Waals surface area contributed by atoms with Crippen LogP contribution in [-0.4, -0.2) is 28.4 Å². The van der Waals surface area contributed by atoms with Gasteiger partial charge in [0.25, 0.3) is 0 Å². The van der Waals surface area contributed by atoms with Gasteiger partial charge in [-0.15, -0.1) is 0 Å². The number of hydrogen-bond acceptors (Lipinski definition) is 3. The molecule has 0 saturated heterocycles. The van der Waals surface area contributed by atoms with Crippen LogP contribution in [0.4, 0.5) is 0 Å². The molecule has 0 bridgehead atoms. The van der Waals surface area contributed by atoms with E-state index in [4.69, 9.17) is 0 Å². The molecule has 4 heteroatoms. The van der Waals surface area contributed by atoms with Crippen molar-refractivity contribution in [1.82, 2.24) is 20.4 Å². The van der Waals surface area contributed by atoms with E-state index in [1.807, 2.05) is 24.0 Å². The quantitative estimate of drug-likeness (QED) is 0.721. The van der Waals surface area contributed by atoms with Crippen molar-refractivity contribution >= 4 is 0 Å². The fraction of sp³-hybridized carbons (Fsp3) is 0.727. The van der Waals surface area contributed by atoms with Gasteiger partial charge in [0.05, 0.1) is 5.69 Å². The number of nitrogens with one attached hydrogen (secondary N) is 2. The summed E-state index contributed by atoms with van der Waals surface area (Å²) in [4.78, 5) is 0. The molecule has 1 heterocycles. The number of hydrogen-bond donors (Lipinski definition) is 2. The minimum Gasteiger partial charge on any atom is -0.312 e. The van der Waals surface area contributed by atoms with Gasteiger partial charge >= 0.3 is 0 Å². The van der Waals surface area contributed by atoms with E-state index >= 15 is 0 Å². The van der Waals surface area contributed by atoms with Crippen LogP contribution in [0.25, 0.3) is 0 Å². The highest BCUT2D eigenvalue weighted by atomic mass is 15.3. The molecule has 1 aliphatic rings. The fourth-order valence-electron chi connectivity index (χ4n) is 1.56. The lowest BCUT2D eigenvalue weighted by Crippen LogP contribution is -2.37. The third-order valence-electron chi connectivity index (χ3n) is 2.84. The highest BCUT2D eigenvalue weighted by molar-refractivity contribution is 4.99. The van der Waals surface area contributed by atoms with Crippen molar-refractivity contribution in [3.05, 3.63) is 18.0 Å². The van der Waals surface area contributed by atoms with Crippen LogP contribution in [-0.2, 0) is 13.6 Å². The highest BCUT2D eigenvalue weighted by Crippen LogP contribution is 2.18. The zero-order chi connectivity index (χ0) is 10.7. The second kappa shape index (κ2) is 4.77. The number of aryl methyl sites for hydroxylation is 1. The van der Waals surface area contributed by atoms with E-state index in [0.717, 1.165) is 19.1 Å². The summed E-state index contributed by atoms with van der Waals surface area (Å²) in [5.41, 5.74) is 1.23. The van der Waals surface area contributed by atoms with E-state index in [9.17, 15) is 0 Å². The van der Waals surface area contributed by atoms with Crippen molar-refractivity contribution in [2.75, 3.05) is 6.54 Å². The number of aromatic nitrogens is 2. The molecule has 0 aliphatic heterocycles. The molecule has 2 rings (SSSR count). The molecular formula is C11H20N4. The predicted octanol–water partition coefficient (Wildman–Crippen LogP) is 0.650. The van der Waals surface area contributed by atoms with Crippen LogP contribution in [0.1, 0.15) is 25.5 Å². The Hall–Kier alpha value is -0.870. The maximum absolute atomic E-state index is 4.14. The zero-order valence-electron chi connectivity index (χ0n) is 9.53. The molecule has 1 aromatic rings. The summed E-state index contributed by atoms with van der Waals surface area (Å²) in [6.45, 7) is 4.16. The van der Waals surface area contributed by atoms with Crippen LogP contribution in [0.2, 0.25) is 0 Å². The number of rotatable bonds is 6. The molecule has 15 heavy (non-hydrogen) atoms. The SMILES string of the molecule is CC(CNC1CC1)NCc1ccnn1C. The van der Waals surface area contributed by atoms with E-state index in [0.29, 0.717) is 6.04 Å². The Kier molecular flexibility index (Phi) is 3.38. The number of nitrogens with zero attached hydrogens (tertiary/aromatic N) is 2. The molecule has 0 amide bonds. The minimum absolute atomic E-state index is 0.514. The summed E-state index contributed by atoms with van der Waals surface area (Å²) in [7, 11) is 1.98. The second-order valence-electron chi connectivity index (χ2n) is 4.41. The van der Waals surface area contributed by atoms with Crippen LogP contribution in [0, 0.1) is 0 Å². The first kappa shape index (κ1) is 10.6. The standard InChI is InChI=1S/C11H20N4/c1-9(7-13-10-3-4-10)12-8-11-5-6-14-15(11)2/h5-6,9-10,12-13H,3-4,7-8H2,1-2H3. The van der Waals surface area contributed by atoms with E-state index < -0.39 is 0 Å². The maximum Gasteiger partial charge on any atom is 0.0518 e. The summed E-state index contributed by atoms with van der Waals surface area (Å²) < 4.78 is 1.91.